The topological polar surface area (TPSA) is 103 Å². The van der Waals surface area contributed by atoms with Gasteiger partial charge in [0.2, 0.25) is 5.91 Å². The summed E-state index contributed by atoms with van der Waals surface area (Å²) in [5.74, 6) is -0.548. The first-order valence-electron chi connectivity index (χ1n) is 8.28. The fourth-order valence-electron chi connectivity index (χ4n) is 2.89. The number of imide groups is 1. The Balaban J connectivity index is 1.51. The number of aromatic nitrogens is 3. The Morgan fingerprint density at radius 3 is 2.80 bits per heavy atom. The minimum absolute atomic E-state index is 0.0155. The van der Waals surface area contributed by atoms with Gasteiger partial charge in [0.1, 0.15) is 6.04 Å². The standard InChI is InChI=1S/C17H20BrN5O2/c18-12-6-4-11(5-7-12)14(19)3-1-2-13-10-23(22-21-13)15-8-9-16(24)20-17(15)25/h4-7,10,14-15H,1-3,8-9,19H2,(H,20,24,25). The molecule has 132 valence electrons. The molecule has 2 heterocycles. The van der Waals surface area contributed by atoms with E-state index in [4.69, 9.17) is 5.73 Å². The third-order valence-electron chi connectivity index (χ3n) is 4.33. The molecule has 8 heteroatoms. The summed E-state index contributed by atoms with van der Waals surface area (Å²) in [7, 11) is 0. The molecule has 1 aliphatic rings. The van der Waals surface area contributed by atoms with Crippen molar-refractivity contribution in [1.82, 2.24) is 20.3 Å². The molecule has 0 aliphatic carbocycles. The number of carbonyl (C=O) groups excluding carboxylic acids is 2. The van der Waals surface area contributed by atoms with Gasteiger partial charge in [-0.05, 0) is 43.4 Å². The first-order chi connectivity index (χ1) is 12.0. The SMILES string of the molecule is NC(CCCc1cn(C2CCC(=O)NC2=O)nn1)c1ccc(Br)cc1. The number of rotatable bonds is 6. The number of halogens is 1. The molecule has 2 atom stereocenters. The molecule has 25 heavy (non-hydrogen) atoms. The Labute approximate surface area is 154 Å². The molecule has 3 N–H and O–H groups in total. The van der Waals surface area contributed by atoms with E-state index in [0.29, 0.717) is 12.8 Å². The maximum atomic E-state index is 11.9. The molecule has 2 aromatic rings. The van der Waals surface area contributed by atoms with Crippen LogP contribution in [0.4, 0.5) is 0 Å². The van der Waals surface area contributed by atoms with Crippen LogP contribution in [0.15, 0.2) is 34.9 Å². The molecule has 1 aromatic carbocycles. The largest absolute Gasteiger partial charge is 0.324 e. The lowest BCUT2D eigenvalue weighted by Gasteiger charge is -2.20. The zero-order valence-electron chi connectivity index (χ0n) is 13.7. The Morgan fingerprint density at radius 1 is 1.32 bits per heavy atom. The predicted molar refractivity (Wildman–Crippen MR) is 95.5 cm³/mol. The fourth-order valence-corrected chi connectivity index (χ4v) is 3.16. The summed E-state index contributed by atoms with van der Waals surface area (Å²) in [6.07, 6.45) is 5.04. The second kappa shape index (κ2) is 7.88. The van der Waals surface area contributed by atoms with E-state index in [-0.39, 0.29) is 17.9 Å². The third-order valence-corrected chi connectivity index (χ3v) is 4.86. The maximum Gasteiger partial charge on any atom is 0.251 e. The van der Waals surface area contributed by atoms with Gasteiger partial charge in [0.05, 0.1) is 5.69 Å². The lowest BCUT2D eigenvalue weighted by Crippen LogP contribution is -2.41. The minimum Gasteiger partial charge on any atom is -0.324 e. The predicted octanol–water partition coefficient (Wildman–Crippen LogP) is 2.04. The van der Waals surface area contributed by atoms with Crippen LogP contribution in [0.5, 0.6) is 0 Å². The van der Waals surface area contributed by atoms with Crippen LogP contribution in [0.25, 0.3) is 0 Å². The number of carbonyl (C=O) groups is 2. The molecule has 0 radical (unpaired) electrons. The Kier molecular flexibility index (Phi) is 5.60. The molecule has 2 amide bonds. The van der Waals surface area contributed by atoms with Crippen molar-refractivity contribution in [2.45, 2.75) is 44.2 Å². The van der Waals surface area contributed by atoms with Crippen LogP contribution in [0.1, 0.15) is 49.0 Å². The van der Waals surface area contributed by atoms with Gasteiger partial charge in [-0.15, -0.1) is 5.10 Å². The van der Waals surface area contributed by atoms with E-state index in [0.717, 1.165) is 35.0 Å². The van der Waals surface area contributed by atoms with Crippen molar-refractivity contribution in [3.05, 3.63) is 46.2 Å². The van der Waals surface area contributed by atoms with E-state index in [9.17, 15) is 9.59 Å². The number of benzene rings is 1. The summed E-state index contributed by atoms with van der Waals surface area (Å²) in [6.45, 7) is 0. The molecular formula is C17H20BrN5O2. The molecule has 1 fully saturated rings. The van der Waals surface area contributed by atoms with Crippen LogP contribution >= 0.6 is 15.9 Å². The van der Waals surface area contributed by atoms with Crippen LogP contribution in [0.3, 0.4) is 0 Å². The number of piperidine rings is 1. The average molecular weight is 406 g/mol. The van der Waals surface area contributed by atoms with Crippen molar-refractivity contribution < 1.29 is 9.59 Å². The highest BCUT2D eigenvalue weighted by Crippen LogP contribution is 2.21. The van der Waals surface area contributed by atoms with E-state index in [1.165, 1.54) is 0 Å². The highest BCUT2D eigenvalue weighted by atomic mass is 79.9. The summed E-state index contributed by atoms with van der Waals surface area (Å²) in [4.78, 5) is 23.1. The van der Waals surface area contributed by atoms with Gasteiger partial charge in [-0.3, -0.25) is 14.9 Å². The zero-order valence-corrected chi connectivity index (χ0v) is 15.3. The van der Waals surface area contributed by atoms with Gasteiger partial charge in [0.25, 0.3) is 5.91 Å². The monoisotopic (exact) mass is 405 g/mol. The van der Waals surface area contributed by atoms with Gasteiger partial charge in [-0.2, -0.15) is 0 Å². The first kappa shape index (κ1) is 17.8. The van der Waals surface area contributed by atoms with Crippen molar-refractivity contribution in [3.63, 3.8) is 0 Å². The van der Waals surface area contributed by atoms with E-state index in [2.05, 4.69) is 31.6 Å². The zero-order chi connectivity index (χ0) is 17.8. The Hall–Kier alpha value is -2.06. The second-order valence-corrected chi connectivity index (χ2v) is 7.12. The molecular weight excluding hydrogens is 386 g/mol. The van der Waals surface area contributed by atoms with Crippen molar-refractivity contribution in [1.29, 1.82) is 0 Å². The lowest BCUT2D eigenvalue weighted by atomic mass is 10.0. The maximum absolute atomic E-state index is 11.9. The summed E-state index contributed by atoms with van der Waals surface area (Å²) >= 11 is 3.41. The van der Waals surface area contributed by atoms with E-state index < -0.39 is 6.04 Å². The van der Waals surface area contributed by atoms with Crippen molar-refractivity contribution in [2.24, 2.45) is 5.73 Å². The van der Waals surface area contributed by atoms with Crippen LogP contribution in [-0.4, -0.2) is 26.8 Å². The van der Waals surface area contributed by atoms with E-state index in [1.54, 1.807) is 10.9 Å². The number of hydrogen-bond donors (Lipinski definition) is 2. The van der Waals surface area contributed by atoms with E-state index in [1.807, 2.05) is 24.3 Å². The van der Waals surface area contributed by atoms with Gasteiger partial charge in [-0.1, -0.05) is 33.3 Å². The number of nitrogens with two attached hydrogens (primary N) is 1. The summed E-state index contributed by atoms with van der Waals surface area (Å²) in [6, 6.07) is 7.55. The lowest BCUT2D eigenvalue weighted by molar-refractivity contribution is -0.136. The molecule has 7 nitrogen and oxygen atoms in total. The van der Waals surface area contributed by atoms with Gasteiger partial charge < -0.3 is 5.73 Å². The minimum atomic E-state index is -0.455. The number of nitrogens with one attached hydrogen (secondary N) is 1. The van der Waals surface area contributed by atoms with Crippen LogP contribution < -0.4 is 11.1 Å². The van der Waals surface area contributed by atoms with Crippen LogP contribution in [0.2, 0.25) is 0 Å². The summed E-state index contributed by atoms with van der Waals surface area (Å²) in [5, 5.41) is 10.5. The van der Waals surface area contributed by atoms with Crippen molar-refractivity contribution >= 4 is 27.7 Å². The first-order valence-corrected chi connectivity index (χ1v) is 9.07. The molecule has 2 unspecified atom stereocenters. The van der Waals surface area contributed by atoms with Crippen molar-refractivity contribution in [3.8, 4) is 0 Å². The van der Waals surface area contributed by atoms with Gasteiger partial charge >= 0.3 is 0 Å². The van der Waals surface area contributed by atoms with Gasteiger partial charge in [0, 0.05) is 23.1 Å². The van der Waals surface area contributed by atoms with Crippen molar-refractivity contribution in [2.75, 3.05) is 0 Å². The summed E-state index contributed by atoms with van der Waals surface area (Å²) < 4.78 is 2.58. The Bertz CT molecular complexity index is 759. The van der Waals surface area contributed by atoms with Crippen LogP contribution in [-0.2, 0) is 16.0 Å². The molecule has 1 aromatic heterocycles. The average Bonchev–Trinajstić information content (AvgIpc) is 3.04. The molecule has 3 rings (SSSR count). The summed E-state index contributed by atoms with van der Waals surface area (Å²) in [5.41, 5.74) is 8.15. The fraction of sp³-hybridized carbons (Fsp3) is 0.412. The van der Waals surface area contributed by atoms with Gasteiger partial charge in [0.15, 0.2) is 0 Å². The number of amides is 2. The molecule has 0 saturated carbocycles. The van der Waals surface area contributed by atoms with Gasteiger partial charge in [-0.25, -0.2) is 4.68 Å². The number of nitrogens with zero attached hydrogens (tertiary/aromatic N) is 3. The highest BCUT2D eigenvalue weighted by Gasteiger charge is 2.28. The third kappa shape index (κ3) is 4.52. The normalized spacial score (nSPS) is 18.9. The molecule has 1 saturated heterocycles. The quantitative estimate of drug-likeness (QED) is 0.715. The second-order valence-electron chi connectivity index (χ2n) is 6.21. The smallest absolute Gasteiger partial charge is 0.251 e. The van der Waals surface area contributed by atoms with E-state index >= 15 is 0 Å². The number of aryl methyl sites for hydroxylation is 1. The number of hydrogen-bond acceptors (Lipinski definition) is 5. The molecule has 0 bridgehead atoms. The highest BCUT2D eigenvalue weighted by molar-refractivity contribution is 9.10. The molecule has 1 aliphatic heterocycles. The van der Waals surface area contributed by atoms with Crippen LogP contribution in [0, 0.1) is 0 Å². The Morgan fingerprint density at radius 2 is 2.08 bits per heavy atom. The molecule has 0 spiro atoms.